The van der Waals surface area contributed by atoms with Crippen molar-refractivity contribution in [1.29, 1.82) is 0 Å². The summed E-state index contributed by atoms with van der Waals surface area (Å²) in [5.74, 6) is 0.0213. The van der Waals surface area contributed by atoms with Crippen molar-refractivity contribution in [2.75, 3.05) is 11.1 Å². The molecule has 1 N–H and O–H groups in total. The second-order valence-electron chi connectivity index (χ2n) is 7.63. The van der Waals surface area contributed by atoms with Crippen molar-refractivity contribution in [3.8, 4) is 0 Å². The smallest absolute Gasteiger partial charge is 0.298 e. The number of hydrogen-bond acceptors (Lipinski definition) is 5. The first-order valence-corrected chi connectivity index (χ1v) is 12.0. The van der Waals surface area contributed by atoms with E-state index in [9.17, 15) is 9.59 Å². The summed E-state index contributed by atoms with van der Waals surface area (Å²) in [6.45, 7) is 0. The highest BCUT2D eigenvalue weighted by atomic mass is 79.9. The maximum atomic E-state index is 13.4. The number of nitrogens with one attached hydrogen (secondary N) is 1. The van der Waals surface area contributed by atoms with Crippen LogP contribution >= 0.6 is 27.7 Å². The summed E-state index contributed by atoms with van der Waals surface area (Å²) in [6.07, 6.45) is 4.05. The van der Waals surface area contributed by atoms with Gasteiger partial charge in [-0.3, -0.25) is 14.2 Å². The molecule has 8 heteroatoms. The largest absolute Gasteiger partial charge is 0.448 e. The molecule has 158 valence electrons. The fraction of sp³-hybridized carbons (Fsp3) is 0.261. The maximum Gasteiger partial charge on any atom is 0.298 e. The number of carbonyl (C=O) groups is 1. The molecule has 1 aliphatic rings. The van der Waals surface area contributed by atoms with Crippen molar-refractivity contribution >= 4 is 61.4 Å². The highest BCUT2D eigenvalue weighted by Crippen LogP contribution is 2.34. The minimum absolute atomic E-state index is 0.0923. The molecular weight excluding hydrogens is 478 g/mol. The van der Waals surface area contributed by atoms with Crippen LogP contribution in [0.4, 0.5) is 5.69 Å². The molecule has 1 fully saturated rings. The van der Waals surface area contributed by atoms with Gasteiger partial charge in [-0.25, -0.2) is 4.98 Å². The van der Waals surface area contributed by atoms with Gasteiger partial charge in [0, 0.05) is 21.6 Å². The summed E-state index contributed by atoms with van der Waals surface area (Å²) in [7, 11) is 0. The number of nitrogens with zero attached hydrogens (tertiary/aromatic N) is 2. The van der Waals surface area contributed by atoms with E-state index in [2.05, 4.69) is 21.2 Å². The summed E-state index contributed by atoms with van der Waals surface area (Å²) in [5.41, 5.74) is 2.06. The van der Waals surface area contributed by atoms with E-state index in [-0.39, 0.29) is 28.8 Å². The standard InChI is InChI=1S/C23H20BrN3O3S/c24-14-9-11-15(12-10-14)25-19(28)13-31-23-26-20-17-7-3-4-8-18(17)30-21(20)22(29)27(23)16-5-1-2-6-16/h3-4,7-12,16H,1-2,5-6,13H2,(H,25,28). The Balaban J connectivity index is 1.49. The molecule has 0 bridgehead atoms. The van der Waals surface area contributed by atoms with E-state index in [1.54, 1.807) is 4.57 Å². The molecule has 2 aromatic carbocycles. The van der Waals surface area contributed by atoms with Gasteiger partial charge in [0.25, 0.3) is 5.56 Å². The third-order valence-electron chi connectivity index (χ3n) is 5.55. The normalized spacial score (nSPS) is 14.5. The molecular formula is C23H20BrN3O3S. The van der Waals surface area contributed by atoms with Crippen LogP contribution in [-0.4, -0.2) is 21.2 Å². The average molecular weight is 498 g/mol. The predicted octanol–water partition coefficient (Wildman–Crippen LogP) is 5.75. The molecule has 0 spiro atoms. The fourth-order valence-electron chi connectivity index (χ4n) is 4.08. The minimum Gasteiger partial charge on any atom is -0.448 e. The zero-order valence-electron chi connectivity index (χ0n) is 16.6. The predicted molar refractivity (Wildman–Crippen MR) is 127 cm³/mol. The van der Waals surface area contributed by atoms with Gasteiger partial charge >= 0.3 is 0 Å². The van der Waals surface area contributed by atoms with Gasteiger partial charge in [-0.15, -0.1) is 0 Å². The molecule has 5 rings (SSSR count). The van der Waals surface area contributed by atoms with Crippen molar-refractivity contribution < 1.29 is 9.21 Å². The fourth-order valence-corrected chi connectivity index (χ4v) is 5.20. The number of furan rings is 1. The first-order valence-electron chi connectivity index (χ1n) is 10.2. The van der Waals surface area contributed by atoms with Crippen LogP contribution in [0.1, 0.15) is 31.7 Å². The van der Waals surface area contributed by atoms with E-state index in [1.165, 1.54) is 11.8 Å². The molecule has 0 atom stereocenters. The highest BCUT2D eigenvalue weighted by Gasteiger charge is 2.25. The molecule has 2 heterocycles. The van der Waals surface area contributed by atoms with Crippen LogP contribution in [0.5, 0.6) is 0 Å². The summed E-state index contributed by atoms with van der Waals surface area (Å²) >= 11 is 4.68. The summed E-state index contributed by atoms with van der Waals surface area (Å²) in [4.78, 5) is 30.7. The molecule has 0 saturated heterocycles. The van der Waals surface area contributed by atoms with E-state index < -0.39 is 0 Å². The lowest BCUT2D eigenvalue weighted by Gasteiger charge is -2.17. The summed E-state index contributed by atoms with van der Waals surface area (Å²) in [5, 5.41) is 4.28. The number of hydrogen-bond donors (Lipinski definition) is 1. The number of benzene rings is 2. The molecule has 1 saturated carbocycles. The van der Waals surface area contributed by atoms with Gasteiger partial charge < -0.3 is 9.73 Å². The summed E-state index contributed by atoms with van der Waals surface area (Å²) < 4.78 is 8.56. The van der Waals surface area contributed by atoms with Crippen molar-refractivity contribution in [1.82, 2.24) is 9.55 Å². The average Bonchev–Trinajstić information content (AvgIpc) is 3.42. The van der Waals surface area contributed by atoms with Crippen LogP contribution in [0.15, 0.2) is 67.4 Å². The van der Waals surface area contributed by atoms with Crippen molar-refractivity contribution in [2.45, 2.75) is 36.9 Å². The van der Waals surface area contributed by atoms with Crippen LogP contribution in [0.2, 0.25) is 0 Å². The van der Waals surface area contributed by atoms with E-state index in [1.807, 2.05) is 48.5 Å². The van der Waals surface area contributed by atoms with E-state index >= 15 is 0 Å². The first kappa shape index (κ1) is 20.3. The second-order valence-corrected chi connectivity index (χ2v) is 9.49. The molecule has 31 heavy (non-hydrogen) atoms. The quantitative estimate of drug-likeness (QED) is 0.280. The summed E-state index contributed by atoms with van der Waals surface area (Å²) in [6, 6.07) is 15.0. The Morgan fingerprint density at radius 2 is 1.90 bits per heavy atom. The lowest BCUT2D eigenvalue weighted by atomic mass is 10.2. The third kappa shape index (κ3) is 4.02. The van der Waals surface area contributed by atoms with Crippen molar-refractivity contribution in [3.63, 3.8) is 0 Å². The zero-order chi connectivity index (χ0) is 21.4. The van der Waals surface area contributed by atoms with Gasteiger partial charge in [0.1, 0.15) is 11.1 Å². The number of amides is 1. The van der Waals surface area contributed by atoms with Crippen LogP contribution < -0.4 is 10.9 Å². The molecule has 1 amide bonds. The molecule has 1 aliphatic carbocycles. The number of thioether (sulfide) groups is 1. The lowest BCUT2D eigenvalue weighted by molar-refractivity contribution is -0.113. The number of carbonyl (C=O) groups excluding carboxylic acids is 1. The highest BCUT2D eigenvalue weighted by molar-refractivity contribution is 9.10. The number of para-hydroxylation sites is 1. The topological polar surface area (TPSA) is 77.1 Å². The van der Waals surface area contributed by atoms with Crippen LogP contribution in [0.3, 0.4) is 0 Å². The molecule has 0 radical (unpaired) electrons. The molecule has 2 aromatic heterocycles. The van der Waals surface area contributed by atoms with E-state index in [0.29, 0.717) is 16.3 Å². The Morgan fingerprint density at radius 1 is 1.16 bits per heavy atom. The van der Waals surface area contributed by atoms with Crippen LogP contribution in [0, 0.1) is 0 Å². The van der Waals surface area contributed by atoms with Gasteiger partial charge in [-0.1, -0.05) is 52.7 Å². The number of rotatable bonds is 5. The van der Waals surface area contributed by atoms with Crippen molar-refractivity contribution in [2.24, 2.45) is 0 Å². The van der Waals surface area contributed by atoms with E-state index in [4.69, 9.17) is 9.40 Å². The van der Waals surface area contributed by atoms with Gasteiger partial charge in [-0.05, 0) is 49.2 Å². The molecule has 6 nitrogen and oxygen atoms in total. The maximum absolute atomic E-state index is 13.4. The monoisotopic (exact) mass is 497 g/mol. The minimum atomic E-state index is -0.163. The van der Waals surface area contributed by atoms with Gasteiger partial charge in [0.05, 0.1) is 5.75 Å². The number of fused-ring (bicyclic) bond motifs is 3. The zero-order valence-corrected chi connectivity index (χ0v) is 19.0. The molecule has 0 aliphatic heterocycles. The van der Waals surface area contributed by atoms with Gasteiger partial charge in [0.2, 0.25) is 11.5 Å². The Morgan fingerprint density at radius 3 is 2.68 bits per heavy atom. The first-order chi connectivity index (χ1) is 15.1. The van der Waals surface area contributed by atoms with E-state index in [0.717, 1.165) is 41.2 Å². The Kier molecular flexibility index (Phi) is 5.58. The Hall–Kier alpha value is -2.58. The second kappa shape index (κ2) is 8.51. The third-order valence-corrected chi connectivity index (χ3v) is 7.03. The van der Waals surface area contributed by atoms with Gasteiger partial charge in [0.15, 0.2) is 5.16 Å². The SMILES string of the molecule is O=C(CSc1nc2c(oc3ccccc32)c(=O)n1C1CCCC1)Nc1ccc(Br)cc1. The van der Waals surface area contributed by atoms with Crippen LogP contribution in [0.25, 0.3) is 22.1 Å². The number of halogens is 1. The Bertz CT molecular complexity index is 1320. The van der Waals surface area contributed by atoms with Crippen LogP contribution in [-0.2, 0) is 4.79 Å². The van der Waals surface area contributed by atoms with Crippen molar-refractivity contribution in [3.05, 3.63) is 63.4 Å². The molecule has 4 aromatic rings. The lowest BCUT2D eigenvalue weighted by Crippen LogP contribution is -2.26. The van der Waals surface area contributed by atoms with Gasteiger partial charge in [-0.2, -0.15) is 0 Å². The number of anilines is 1. The Labute approximate surface area is 191 Å². The molecule has 0 unspecified atom stereocenters. The number of aromatic nitrogens is 2.